The third-order valence-electron chi connectivity index (χ3n) is 1.24. The Bertz CT molecular complexity index is 95.0. The maximum atomic E-state index is 8.20. The maximum Gasteiger partial charge on any atom is 0.638 e. The summed E-state index contributed by atoms with van der Waals surface area (Å²) in [6, 6.07) is 0. The maximum absolute atomic E-state index is 8.20. The van der Waals surface area contributed by atoms with E-state index in [9.17, 15) is 0 Å². The van der Waals surface area contributed by atoms with E-state index in [0.717, 1.165) is 0 Å². The smallest absolute Gasteiger partial charge is 0.394 e. The average molecular weight is 231 g/mol. The molecule has 0 unspecified atom stereocenters. The molecule has 0 rings (SSSR count). The van der Waals surface area contributed by atoms with Crippen LogP contribution in [0.5, 0.6) is 0 Å². The van der Waals surface area contributed by atoms with Gasteiger partial charge in [-0.1, -0.05) is 0 Å². The fourth-order valence-electron chi connectivity index (χ4n) is 0.598. The van der Waals surface area contributed by atoms with Gasteiger partial charge in [0.05, 0.1) is 26.4 Å². The third kappa shape index (κ3) is 19.9. The number of ether oxygens (including phenoxy) is 2. The van der Waals surface area contributed by atoms with E-state index in [-0.39, 0.29) is 25.5 Å². The van der Waals surface area contributed by atoms with Crippen LogP contribution in [0, 0.1) is 0 Å². The van der Waals surface area contributed by atoms with Crippen molar-refractivity contribution in [2.75, 3.05) is 54.9 Å². The molecule has 1 radical (unpaired) electrons. The third-order valence-corrected chi connectivity index (χ3v) is 1.24. The van der Waals surface area contributed by atoms with Gasteiger partial charge in [0.25, 0.3) is 0 Å². The molecule has 0 aromatic rings. The molecule has 0 atom stereocenters. The van der Waals surface area contributed by atoms with Crippen molar-refractivity contribution >= 4 is 26.2 Å². The predicted molar refractivity (Wildman–Crippen MR) is 62.3 cm³/mol. The zero-order valence-corrected chi connectivity index (χ0v) is 10.9. The second-order valence-corrected chi connectivity index (χ2v) is 2.32. The molecule has 16 heavy (non-hydrogen) atoms. The van der Waals surface area contributed by atoms with E-state index < -0.39 is 7.32 Å². The second-order valence-electron chi connectivity index (χ2n) is 2.32. The van der Waals surface area contributed by atoms with E-state index in [1.807, 2.05) is 0 Å². The summed E-state index contributed by atoms with van der Waals surface area (Å²) in [5.74, 6) is 0. The summed E-state index contributed by atoms with van der Waals surface area (Å²) in [4.78, 5) is 0. The van der Waals surface area contributed by atoms with Gasteiger partial charge in [-0.15, -0.1) is 0 Å². The summed E-state index contributed by atoms with van der Waals surface area (Å²) in [6.07, 6.45) is 0. The Labute approximate surface area is 110 Å². The minimum absolute atomic E-state index is 0. The van der Waals surface area contributed by atoms with E-state index in [0.29, 0.717) is 19.8 Å². The van der Waals surface area contributed by atoms with Crippen LogP contribution in [-0.4, -0.2) is 86.2 Å². The molecule has 6 nitrogen and oxygen atoms in total. The normalized spacial score (nSPS) is 8.81. The first-order chi connectivity index (χ1) is 7.26. The van der Waals surface area contributed by atoms with Crippen molar-refractivity contribution in [1.29, 1.82) is 0 Å². The quantitative estimate of drug-likeness (QED) is 0.434. The molecule has 0 saturated heterocycles. The Morgan fingerprint density at radius 1 is 0.875 bits per heavy atom. The molecule has 0 aliphatic rings. The molecule has 0 aliphatic carbocycles. The first-order valence-corrected chi connectivity index (χ1v) is 4.52. The molecular formula is C8H21BLiO6. The average Bonchev–Trinajstić information content (AvgIpc) is 2.28. The summed E-state index contributed by atoms with van der Waals surface area (Å²) in [7, 11) is 5.63. The Morgan fingerprint density at radius 3 is 1.62 bits per heavy atom. The Hall–Kier alpha value is 0.422. The molecule has 0 heterocycles. The van der Waals surface area contributed by atoms with Crippen LogP contribution in [-0.2, 0) is 23.4 Å². The molecule has 8 heteroatoms. The molecule has 0 aromatic heterocycles. The standard InChI is InChI=1S/C5H12O3.C3H9BO3.Li/c1-7-4-5-8-3-2-6;1-5-4(6-2)7-3;/h6H,2-5H2,1H3;1-3H3;. The minimum atomic E-state index is -0.514. The van der Waals surface area contributed by atoms with Crippen molar-refractivity contribution < 1.29 is 28.5 Å². The van der Waals surface area contributed by atoms with Crippen LogP contribution in [0.15, 0.2) is 0 Å². The molecule has 0 spiro atoms. The molecule has 0 fully saturated rings. The molecule has 0 aliphatic heterocycles. The number of hydrogen-bond acceptors (Lipinski definition) is 6. The fourth-order valence-corrected chi connectivity index (χ4v) is 0.598. The van der Waals surface area contributed by atoms with Gasteiger partial charge in [0.2, 0.25) is 0 Å². The summed E-state index contributed by atoms with van der Waals surface area (Å²) in [6.45, 7) is 1.66. The molecule has 93 valence electrons. The zero-order chi connectivity index (χ0) is 11.9. The van der Waals surface area contributed by atoms with Crippen molar-refractivity contribution in [3.8, 4) is 0 Å². The molecule has 1 N–H and O–H groups in total. The van der Waals surface area contributed by atoms with Gasteiger partial charge >= 0.3 is 7.32 Å². The van der Waals surface area contributed by atoms with E-state index >= 15 is 0 Å². The summed E-state index contributed by atoms with van der Waals surface area (Å²) in [5, 5.41) is 8.20. The second kappa shape index (κ2) is 20.8. The van der Waals surface area contributed by atoms with Crippen molar-refractivity contribution in [1.82, 2.24) is 0 Å². The summed E-state index contributed by atoms with van der Waals surface area (Å²) in [5.41, 5.74) is 0. The van der Waals surface area contributed by atoms with Crippen LogP contribution in [0.3, 0.4) is 0 Å². The van der Waals surface area contributed by atoms with Crippen LogP contribution in [0.25, 0.3) is 0 Å². The summed E-state index contributed by atoms with van der Waals surface area (Å²) >= 11 is 0. The Balaban J connectivity index is -0.000000200. The molecule has 0 aromatic carbocycles. The molecule has 0 saturated carbocycles. The van der Waals surface area contributed by atoms with Crippen LogP contribution in [0.1, 0.15) is 0 Å². The largest absolute Gasteiger partial charge is 0.638 e. The number of rotatable bonds is 8. The van der Waals surface area contributed by atoms with Gasteiger partial charge in [-0.25, -0.2) is 0 Å². The topological polar surface area (TPSA) is 66.4 Å². The SMILES string of the molecule is COB(OC)OC.COCCOCCO.[Li]. The number of aliphatic hydroxyl groups is 1. The minimum Gasteiger partial charge on any atom is -0.394 e. The van der Waals surface area contributed by atoms with Crippen molar-refractivity contribution in [3.63, 3.8) is 0 Å². The number of hydrogen-bond donors (Lipinski definition) is 1. The monoisotopic (exact) mass is 231 g/mol. The van der Waals surface area contributed by atoms with Gasteiger partial charge in [0.1, 0.15) is 0 Å². The predicted octanol–water partition coefficient (Wildman–Crippen LogP) is -0.829. The van der Waals surface area contributed by atoms with E-state index in [2.05, 4.69) is 18.7 Å². The van der Waals surface area contributed by atoms with Gasteiger partial charge in [-0.3, -0.25) is 0 Å². The first-order valence-electron chi connectivity index (χ1n) is 4.52. The van der Waals surface area contributed by atoms with Crippen molar-refractivity contribution in [3.05, 3.63) is 0 Å². The van der Waals surface area contributed by atoms with Gasteiger partial charge in [0, 0.05) is 47.3 Å². The van der Waals surface area contributed by atoms with E-state index in [1.54, 1.807) is 7.11 Å². The molecular weight excluding hydrogens is 210 g/mol. The van der Waals surface area contributed by atoms with Gasteiger partial charge < -0.3 is 28.5 Å². The Morgan fingerprint density at radius 2 is 1.38 bits per heavy atom. The molecule has 0 amide bonds. The zero-order valence-electron chi connectivity index (χ0n) is 10.9. The number of aliphatic hydroxyl groups excluding tert-OH is 1. The van der Waals surface area contributed by atoms with E-state index in [1.165, 1.54) is 21.3 Å². The first kappa shape index (κ1) is 21.7. The van der Waals surface area contributed by atoms with Crippen molar-refractivity contribution in [2.24, 2.45) is 0 Å². The van der Waals surface area contributed by atoms with Crippen LogP contribution in [0.4, 0.5) is 0 Å². The van der Waals surface area contributed by atoms with Crippen LogP contribution >= 0.6 is 0 Å². The van der Waals surface area contributed by atoms with Crippen LogP contribution < -0.4 is 0 Å². The summed E-state index contributed by atoms with van der Waals surface area (Å²) < 4.78 is 23.3. The van der Waals surface area contributed by atoms with Gasteiger partial charge in [-0.05, 0) is 0 Å². The van der Waals surface area contributed by atoms with Crippen molar-refractivity contribution in [2.45, 2.75) is 0 Å². The van der Waals surface area contributed by atoms with E-state index in [4.69, 9.17) is 9.84 Å². The van der Waals surface area contributed by atoms with Crippen LogP contribution in [0.2, 0.25) is 0 Å². The van der Waals surface area contributed by atoms with Gasteiger partial charge in [-0.2, -0.15) is 0 Å². The fraction of sp³-hybridized carbons (Fsp3) is 1.00. The van der Waals surface area contributed by atoms with Gasteiger partial charge in [0.15, 0.2) is 0 Å². The molecule has 0 bridgehead atoms. The Kier molecular flexibility index (Phi) is 28.2. The number of methoxy groups -OCH3 is 1.